The van der Waals surface area contributed by atoms with Crippen molar-refractivity contribution in [3.8, 4) is 5.75 Å². The van der Waals surface area contributed by atoms with E-state index in [1.54, 1.807) is 7.11 Å². The number of ether oxygens (including phenoxy) is 2. The molecule has 1 aliphatic heterocycles. The molecule has 0 radical (unpaired) electrons. The van der Waals surface area contributed by atoms with Crippen molar-refractivity contribution >= 4 is 6.09 Å². The first-order valence-electron chi connectivity index (χ1n) is 8.88. The summed E-state index contributed by atoms with van der Waals surface area (Å²) in [5.41, 5.74) is 1.93. The second kappa shape index (κ2) is 4.90. The van der Waals surface area contributed by atoms with Gasteiger partial charge >= 0.3 is 6.09 Å². The first kappa shape index (κ1) is 15.8. The van der Waals surface area contributed by atoms with E-state index in [-0.39, 0.29) is 6.09 Å². The summed E-state index contributed by atoms with van der Waals surface area (Å²) in [5.74, 6) is 1.58. The molecule has 0 spiro atoms. The molecule has 1 amide bonds. The monoisotopic (exact) mass is 329 g/mol. The zero-order chi connectivity index (χ0) is 17.2. The number of amides is 1. The maximum atomic E-state index is 12.1. The summed E-state index contributed by atoms with van der Waals surface area (Å²) in [4.78, 5) is 13.9. The van der Waals surface area contributed by atoms with Gasteiger partial charge in [-0.1, -0.05) is 12.1 Å². The lowest BCUT2D eigenvalue weighted by Crippen LogP contribution is -2.73. The summed E-state index contributed by atoms with van der Waals surface area (Å²) in [7, 11) is 1.71. The Kier molecular flexibility index (Phi) is 3.23. The number of benzene rings is 1. The van der Waals surface area contributed by atoms with Crippen molar-refractivity contribution in [2.24, 2.45) is 11.3 Å². The van der Waals surface area contributed by atoms with Gasteiger partial charge in [-0.05, 0) is 68.6 Å². The van der Waals surface area contributed by atoms with Crippen molar-refractivity contribution in [1.29, 1.82) is 0 Å². The van der Waals surface area contributed by atoms with Gasteiger partial charge in [0.05, 0.1) is 7.11 Å². The highest BCUT2D eigenvalue weighted by atomic mass is 16.6. The smallest absolute Gasteiger partial charge is 0.410 e. The molecule has 3 saturated carbocycles. The normalized spacial score (nSPS) is 31.6. The second-order valence-electron chi connectivity index (χ2n) is 8.98. The molecule has 4 fully saturated rings. The Morgan fingerprint density at radius 3 is 2.21 bits per heavy atom. The number of hydrogen-bond donors (Lipinski definition) is 0. The van der Waals surface area contributed by atoms with Crippen molar-refractivity contribution in [1.82, 2.24) is 4.90 Å². The van der Waals surface area contributed by atoms with E-state index in [9.17, 15) is 4.79 Å². The van der Waals surface area contributed by atoms with Crippen LogP contribution in [0.15, 0.2) is 24.3 Å². The lowest BCUT2D eigenvalue weighted by Gasteiger charge is -2.75. The van der Waals surface area contributed by atoms with Gasteiger partial charge in [-0.25, -0.2) is 4.79 Å². The highest BCUT2D eigenvalue weighted by Crippen LogP contribution is 2.77. The van der Waals surface area contributed by atoms with Gasteiger partial charge in [0.25, 0.3) is 0 Å². The minimum atomic E-state index is -0.406. The molecule has 24 heavy (non-hydrogen) atoms. The van der Waals surface area contributed by atoms with Crippen LogP contribution >= 0.6 is 0 Å². The van der Waals surface area contributed by atoms with Crippen molar-refractivity contribution in [2.45, 2.75) is 51.0 Å². The largest absolute Gasteiger partial charge is 0.497 e. The van der Waals surface area contributed by atoms with Crippen LogP contribution in [-0.4, -0.2) is 36.8 Å². The van der Waals surface area contributed by atoms with Crippen LogP contribution < -0.4 is 4.74 Å². The highest BCUT2D eigenvalue weighted by Gasteiger charge is 2.72. The van der Waals surface area contributed by atoms with Crippen LogP contribution in [-0.2, 0) is 10.2 Å². The number of carbonyl (C=O) groups excluding carboxylic acids is 1. The molecule has 1 heterocycles. The van der Waals surface area contributed by atoms with Crippen LogP contribution in [0.3, 0.4) is 0 Å². The predicted molar refractivity (Wildman–Crippen MR) is 92.3 cm³/mol. The summed E-state index contributed by atoms with van der Waals surface area (Å²) < 4.78 is 10.7. The number of methoxy groups -OCH3 is 1. The molecule has 0 aromatic heterocycles. The predicted octanol–water partition coefficient (Wildman–Crippen LogP) is 3.98. The minimum Gasteiger partial charge on any atom is -0.497 e. The van der Waals surface area contributed by atoms with Gasteiger partial charge in [0, 0.05) is 19.0 Å². The maximum Gasteiger partial charge on any atom is 0.410 e. The molecule has 0 unspecified atom stereocenters. The Morgan fingerprint density at radius 1 is 1.12 bits per heavy atom. The van der Waals surface area contributed by atoms with E-state index in [1.165, 1.54) is 24.8 Å². The van der Waals surface area contributed by atoms with Crippen LogP contribution in [0, 0.1) is 11.3 Å². The summed E-state index contributed by atoms with van der Waals surface area (Å²) >= 11 is 0. The lowest BCUT2D eigenvalue weighted by atomic mass is 9.30. The number of carbonyl (C=O) groups is 1. The molecule has 4 aliphatic rings. The molecule has 4 heteroatoms. The van der Waals surface area contributed by atoms with Gasteiger partial charge in [0.2, 0.25) is 0 Å². The second-order valence-corrected chi connectivity index (χ2v) is 8.98. The lowest BCUT2D eigenvalue weighted by molar-refractivity contribution is -0.209. The van der Waals surface area contributed by atoms with Gasteiger partial charge in [-0.15, -0.1) is 0 Å². The van der Waals surface area contributed by atoms with Crippen LogP contribution in [0.2, 0.25) is 0 Å². The molecule has 1 aromatic rings. The van der Waals surface area contributed by atoms with Crippen molar-refractivity contribution in [2.75, 3.05) is 20.2 Å². The van der Waals surface area contributed by atoms with E-state index >= 15 is 0 Å². The van der Waals surface area contributed by atoms with Crippen LogP contribution in [0.4, 0.5) is 4.79 Å². The number of rotatable bonds is 3. The maximum absolute atomic E-state index is 12.1. The number of hydrogen-bond acceptors (Lipinski definition) is 3. The molecule has 2 bridgehead atoms. The van der Waals surface area contributed by atoms with E-state index in [4.69, 9.17) is 9.47 Å². The Morgan fingerprint density at radius 2 is 1.71 bits per heavy atom. The number of likely N-dealkylation sites (tertiary alicyclic amines) is 1. The quantitative estimate of drug-likeness (QED) is 0.842. The first-order valence-corrected chi connectivity index (χ1v) is 8.88. The van der Waals surface area contributed by atoms with E-state index in [1.807, 2.05) is 25.7 Å². The third kappa shape index (κ3) is 2.30. The van der Waals surface area contributed by atoms with Crippen molar-refractivity contribution < 1.29 is 14.3 Å². The molecule has 0 N–H and O–H groups in total. The standard InChI is InChI=1S/C20H27NO3/c1-18(2,3)24-17(22)21-9-15(10-21)20-11-19(12-20,13-20)14-5-7-16(23-4)8-6-14/h5-8,15H,9-13H2,1-4H3. The van der Waals surface area contributed by atoms with E-state index < -0.39 is 5.60 Å². The molecule has 3 aliphatic carbocycles. The third-order valence-electron chi connectivity index (χ3n) is 6.17. The Hall–Kier alpha value is -1.71. The Bertz CT molecular complexity index is 633. The molecule has 1 aromatic carbocycles. The van der Waals surface area contributed by atoms with E-state index in [2.05, 4.69) is 24.3 Å². The first-order chi connectivity index (χ1) is 11.3. The summed E-state index contributed by atoms with van der Waals surface area (Å²) in [6, 6.07) is 8.57. The molecule has 4 nitrogen and oxygen atoms in total. The topological polar surface area (TPSA) is 38.8 Å². The Balaban J connectivity index is 1.31. The fraction of sp³-hybridized carbons (Fsp3) is 0.650. The fourth-order valence-corrected chi connectivity index (χ4v) is 4.89. The van der Waals surface area contributed by atoms with Crippen LogP contribution in [0.5, 0.6) is 5.75 Å². The Labute approximate surface area is 144 Å². The summed E-state index contributed by atoms with van der Waals surface area (Å²) in [5, 5.41) is 0. The van der Waals surface area contributed by atoms with Crippen LogP contribution in [0.25, 0.3) is 0 Å². The van der Waals surface area contributed by atoms with Gasteiger partial charge < -0.3 is 14.4 Å². The van der Waals surface area contributed by atoms with E-state index in [0.717, 1.165) is 18.8 Å². The molecule has 5 rings (SSSR count). The SMILES string of the molecule is COc1ccc(C23CC(C4CN(C(=O)OC(C)(C)C)C4)(C2)C3)cc1. The third-order valence-corrected chi connectivity index (χ3v) is 6.17. The average Bonchev–Trinajstić information content (AvgIpc) is 2.36. The van der Waals surface area contributed by atoms with Crippen molar-refractivity contribution in [3.05, 3.63) is 29.8 Å². The summed E-state index contributed by atoms with van der Waals surface area (Å²) in [6.45, 7) is 7.49. The van der Waals surface area contributed by atoms with Crippen molar-refractivity contribution in [3.63, 3.8) is 0 Å². The zero-order valence-corrected chi connectivity index (χ0v) is 15.1. The molecular formula is C20H27NO3. The van der Waals surface area contributed by atoms with Gasteiger partial charge in [-0.3, -0.25) is 0 Å². The van der Waals surface area contributed by atoms with Crippen LogP contribution in [0.1, 0.15) is 45.6 Å². The fourth-order valence-electron chi connectivity index (χ4n) is 4.89. The zero-order valence-electron chi connectivity index (χ0n) is 15.1. The average molecular weight is 329 g/mol. The van der Waals surface area contributed by atoms with Gasteiger partial charge in [0.15, 0.2) is 0 Å². The van der Waals surface area contributed by atoms with Gasteiger partial charge in [0.1, 0.15) is 11.4 Å². The minimum absolute atomic E-state index is 0.157. The molecule has 1 saturated heterocycles. The molecular weight excluding hydrogens is 302 g/mol. The van der Waals surface area contributed by atoms with Gasteiger partial charge in [-0.2, -0.15) is 0 Å². The summed E-state index contributed by atoms with van der Waals surface area (Å²) in [6.07, 6.45) is 3.67. The number of nitrogens with zero attached hydrogens (tertiary/aromatic N) is 1. The molecule has 0 atom stereocenters. The van der Waals surface area contributed by atoms with E-state index in [0.29, 0.717) is 16.7 Å². The highest BCUT2D eigenvalue weighted by molar-refractivity contribution is 5.69. The molecule has 130 valence electrons.